The van der Waals surface area contributed by atoms with E-state index in [1.807, 2.05) is 21.1 Å². The maximum absolute atomic E-state index is 12.7. The van der Waals surface area contributed by atoms with E-state index in [0.29, 0.717) is 23.9 Å². The van der Waals surface area contributed by atoms with Gasteiger partial charge < -0.3 is 33.3 Å². The van der Waals surface area contributed by atoms with Gasteiger partial charge in [0.25, 0.3) is 0 Å². The smallest absolute Gasteiger partial charge is 0.306 e. The van der Waals surface area contributed by atoms with Gasteiger partial charge in [0.2, 0.25) is 0 Å². The molecule has 0 aliphatic heterocycles. The second-order valence-electron chi connectivity index (χ2n) is 16.0. The highest BCUT2D eigenvalue weighted by atomic mass is 16.7. The van der Waals surface area contributed by atoms with Crippen molar-refractivity contribution in [2.75, 3.05) is 47.5 Å². The first-order valence-corrected chi connectivity index (χ1v) is 21.8. The van der Waals surface area contributed by atoms with Crippen LogP contribution in [-0.2, 0) is 33.3 Å². The molecule has 0 aromatic heterocycles. The highest BCUT2D eigenvalue weighted by Crippen LogP contribution is 2.14. The summed E-state index contributed by atoms with van der Waals surface area (Å²) in [4.78, 5) is 36.7. The van der Waals surface area contributed by atoms with Crippen molar-refractivity contribution in [2.24, 2.45) is 0 Å². The summed E-state index contributed by atoms with van der Waals surface area (Å²) in [6.07, 6.45) is 34.1. The molecule has 0 bridgehead atoms. The lowest BCUT2D eigenvalue weighted by molar-refractivity contribution is -0.870. The van der Waals surface area contributed by atoms with Crippen LogP contribution in [0.4, 0.5) is 0 Å². The number of hydrogen-bond acceptors (Lipinski definition) is 8. The number of nitrogens with zero attached hydrogens (tertiary/aromatic N) is 1. The fraction of sp³-hybridized carbons (Fsp3) is 0.886. The Morgan fingerprint density at radius 3 is 1.40 bits per heavy atom. The van der Waals surface area contributed by atoms with Crippen molar-refractivity contribution in [1.29, 1.82) is 0 Å². The van der Waals surface area contributed by atoms with Crippen LogP contribution in [0.1, 0.15) is 194 Å². The van der Waals surface area contributed by atoms with Crippen LogP contribution in [0, 0.1) is 0 Å². The van der Waals surface area contributed by atoms with E-state index >= 15 is 0 Å². The number of ether oxygens (including phenoxy) is 4. The van der Waals surface area contributed by atoms with E-state index < -0.39 is 24.3 Å². The predicted molar refractivity (Wildman–Crippen MR) is 214 cm³/mol. The first kappa shape index (κ1) is 51.0. The third-order valence-electron chi connectivity index (χ3n) is 9.51. The van der Waals surface area contributed by atoms with Crippen LogP contribution in [0.3, 0.4) is 0 Å². The van der Waals surface area contributed by atoms with Gasteiger partial charge in [0.05, 0.1) is 40.3 Å². The Labute approximate surface area is 325 Å². The van der Waals surface area contributed by atoms with Crippen molar-refractivity contribution < 1.29 is 42.9 Å². The van der Waals surface area contributed by atoms with Gasteiger partial charge in [-0.3, -0.25) is 9.59 Å². The van der Waals surface area contributed by atoms with Crippen molar-refractivity contribution in [3.63, 3.8) is 0 Å². The Balaban J connectivity index is 4.27. The molecule has 0 saturated carbocycles. The Kier molecular flexibility index (Phi) is 35.6. The van der Waals surface area contributed by atoms with Gasteiger partial charge in [-0.2, -0.15) is 0 Å². The maximum Gasteiger partial charge on any atom is 0.306 e. The largest absolute Gasteiger partial charge is 0.545 e. The highest BCUT2D eigenvalue weighted by molar-refractivity contribution is 5.70. The summed E-state index contributed by atoms with van der Waals surface area (Å²) >= 11 is 0. The molecule has 0 aliphatic rings. The molecule has 0 aliphatic carbocycles. The summed E-state index contributed by atoms with van der Waals surface area (Å²) in [5, 5.41) is 11.6. The average Bonchev–Trinajstić information content (AvgIpc) is 3.11. The van der Waals surface area contributed by atoms with Gasteiger partial charge in [-0.1, -0.05) is 154 Å². The zero-order valence-electron chi connectivity index (χ0n) is 35.2. The standard InChI is InChI=1S/C44H83NO8/c1-6-8-10-12-14-15-16-17-18-19-20-21-22-23-24-25-26-27-29-31-33-35-42(47)53-40(38-51-41(46)34-32-30-28-13-11-9-7-2)39-52-44(43(48)49)50-37-36-45(3,4)5/h19-20,40,44H,6-18,21-39H2,1-5H3/b20-19-. The van der Waals surface area contributed by atoms with Gasteiger partial charge >= 0.3 is 11.9 Å². The average molecular weight is 754 g/mol. The van der Waals surface area contributed by atoms with Gasteiger partial charge in [-0.05, 0) is 38.5 Å². The zero-order valence-corrected chi connectivity index (χ0v) is 35.2. The minimum atomic E-state index is -1.61. The summed E-state index contributed by atoms with van der Waals surface area (Å²) in [7, 11) is 5.90. The first-order chi connectivity index (χ1) is 25.6. The monoisotopic (exact) mass is 754 g/mol. The molecule has 9 heteroatoms. The van der Waals surface area contributed by atoms with Crippen molar-refractivity contribution in [3.05, 3.63) is 12.2 Å². The number of aliphatic carboxylic acids is 1. The fourth-order valence-electron chi connectivity index (χ4n) is 6.06. The molecule has 0 saturated heterocycles. The van der Waals surface area contributed by atoms with Gasteiger partial charge in [0, 0.05) is 12.8 Å². The number of unbranched alkanes of at least 4 members (excludes halogenated alkanes) is 23. The molecule has 53 heavy (non-hydrogen) atoms. The lowest BCUT2D eigenvalue weighted by atomic mass is 10.1. The van der Waals surface area contributed by atoms with Crippen LogP contribution >= 0.6 is 0 Å². The molecular weight excluding hydrogens is 670 g/mol. The Bertz CT molecular complexity index is 887. The number of quaternary nitrogens is 1. The molecule has 312 valence electrons. The number of rotatable bonds is 40. The number of carboxylic acids is 1. The Morgan fingerprint density at radius 2 is 0.962 bits per heavy atom. The molecule has 0 spiro atoms. The molecule has 9 nitrogen and oxygen atoms in total. The second-order valence-corrected chi connectivity index (χ2v) is 16.0. The molecule has 0 N–H and O–H groups in total. The van der Waals surface area contributed by atoms with Crippen molar-refractivity contribution in [3.8, 4) is 0 Å². The van der Waals surface area contributed by atoms with Crippen LogP contribution in [0.5, 0.6) is 0 Å². The predicted octanol–water partition coefficient (Wildman–Crippen LogP) is 9.78. The number of likely N-dealkylation sites (N-methyl/N-ethyl adjacent to an activating group) is 1. The van der Waals surface area contributed by atoms with Gasteiger partial charge in [0.15, 0.2) is 12.4 Å². The molecule has 2 atom stereocenters. The number of carboxylic acid groups (broad SMARTS) is 1. The van der Waals surface area contributed by atoms with Crippen LogP contribution in [0.2, 0.25) is 0 Å². The minimum absolute atomic E-state index is 0.150. The van der Waals surface area contributed by atoms with Gasteiger partial charge in [-0.15, -0.1) is 0 Å². The molecule has 0 rings (SSSR count). The van der Waals surface area contributed by atoms with E-state index in [-0.39, 0.29) is 32.2 Å². The number of esters is 2. The van der Waals surface area contributed by atoms with E-state index in [1.54, 1.807) is 0 Å². The maximum atomic E-state index is 12.7. The molecule has 0 radical (unpaired) electrons. The van der Waals surface area contributed by atoms with Gasteiger partial charge in [-0.25, -0.2) is 0 Å². The van der Waals surface area contributed by atoms with Crippen LogP contribution in [0.25, 0.3) is 0 Å². The third kappa shape index (κ3) is 38.1. The highest BCUT2D eigenvalue weighted by Gasteiger charge is 2.21. The van der Waals surface area contributed by atoms with Crippen LogP contribution < -0.4 is 5.11 Å². The molecule has 2 unspecified atom stereocenters. The van der Waals surface area contributed by atoms with Crippen LogP contribution in [-0.4, -0.2) is 82.3 Å². The Morgan fingerprint density at radius 1 is 0.547 bits per heavy atom. The first-order valence-electron chi connectivity index (χ1n) is 21.8. The number of hydrogen-bond donors (Lipinski definition) is 0. The lowest BCUT2D eigenvalue weighted by Crippen LogP contribution is -2.44. The van der Waals surface area contributed by atoms with E-state index in [1.165, 1.54) is 122 Å². The SMILES string of the molecule is CCCCCCCCCC/C=C\CCCCCCCCCCCC(=O)OC(COC(=O)CCCCCCCCC)COC(OCC[N+](C)(C)C)C(=O)[O-]. The number of carbonyl (C=O) groups excluding carboxylic acids is 3. The summed E-state index contributed by atoms with van der Waals surface area (Å²) < 4.78 is 22.4. The molecule has 0 fully saturated rings. The fourth-order valence-corrected chi connectivity index (χ4v) is 6.06. The van der Waals surface area contributed by atoms with Crippen molar-refractivity contribution >= 4 is 17.9 Å². The second kappa shape index (κ2) is 37.0. The summed E-state index contributed by atoms with van der Waals surface area (Å²) in [6.45, 7) is 4.69. The van der Waals surface area contributed by atoms with E-state index in [2.05, 4.69) is 26.0 Å². The quantitative estimate of drug-likeness (QED) is 0.0200. The molecule has 0 aromatic rings. The number of carbonyl (C=O) groups is 3. The minimum Gasteiger partial charge on any atom is -0.545 e. The Hall–Kier alpha value is -1.97. The summed E-state index contributed by atoms with van der Waals surface area (Å²) in [5.41, 5.74) is 0. The van der Waals surface area contributed by atoms with E-state index in [0.717, 1.165) is 38.5 Å². The van der Waals surface area contributed by atoms with Crippen LogP contribution in [0.15, 0.2) is 12.2 Å². The topological polar surface area (TPSA) is 111 Å². The normalized spacial score (nSPS) is 13.0. The zero-order chi connectivity index (χ0) is 39.3. The lowest BCUT2D eigenvalue weighted by Gasteiger charge is -2.26. The van der Waals surface area contributed by atoms with Crippen molar-refractivity contribution in [1.82, 2.24) is 0 Å². The molecule has 0 heterocycles. The molecule has 0 amide bonds. The van der Waals surface area contributed by atoms with Gasteiger partial charge in [0.1, 0.15) is 13.2 Å². The number of allylic oxidation sites excluding steroid dienone is 2. The van der Waals surface area contributed by atoms with E-state index in [4.69, 9.17) is 18.9 Å². The molecule has 0 aromatic carbocycles. The van der Waals surface area contributed by atoms with E-state index in [9.17, 15) is 19.5 Å². The van der Waals surface area contributed by atoms with Crippen molar-refractivity contribution in [2.45, 2.75) is 206 Å². The molecular formula is C44H83NO8. The summed E-state index contributed by atoms with van der Waals surface area (Å²) in [5.74, 6) is -2.29. The summed E-state index contributed by atoms with van der Waals surface area (Å²) in [6, 6.07) is 0. The third-order valence-corrected chi connectivity index (χ3v) is 9.51.